The molecular weight excluding hydrogens is 338 g/mol. The van der Waals surface area contributed by atoms with E-state index in [0.29, 0.717) is 17.2 Å². The van der Waals surface area contributed by atoms with Crippen LogP contribution in [-0.4, -0.2) is 25.2 Å². The maximum Gasteiger partial charge on any atom is 0.259 e. The van der Waals surface area contributed by atoms with E-state index in [9.17, 15) is 9.90 Å². The second-order valence-corrected chi connectivity index (χ2v) is 5.04. The Kier molecular flexibility index (Phi) is 4.70. The minimum Gasteiger partial charge on any atom is -0.507 e. The fourth-order valence-electron chi connectivity index (χ4n) is 1.76. The molecular formula is C15H14BrNO4. The normalized spacial score (nSPS) is 10.0. The molecule has 2 aromatic carbocycles. The maximum absolute atomic E-state index is 12.2. The summed E-state index contributed by atoms with van der Waals surface area (Å²) in [6, 6.07) is 9.63. The topological polar surface area (TPSA) is 67.8 Å². The third kappa shape index (κ3) is 3.46. The Morgan fingerprint density at radius 2 is 1.90 bits per heavy atom. The van der Waals surface area contributed by atoms with Gasteiger partial charge in [-0.2, -0.15) is 0 Å². The molecule has 0 spiro atoms. The van der Waals surface area contributed by atoms with Gasteiger partial charge in [-0.05, 0) is 46.3 Å². The summed E-state index contributed by atoms with van der Waals surface area (Å²) in [7, 11) is 3.03. The first-order chi connectivity index (χ1) is 10.0. The number of hydrogen-bond donors (Lipinski definition) is 2. The Bertz CT molecular complexity index is 673. The number of halogens is 1. The molecule has 0 aliphatic carbocycles. The molecule has 21 heavy (non-hydrogen) atoms. The number of methoxy groups -OCH3 is 2. The van der Waals surface area contributed by atoms with Crippen molar-refractivity contribution in [3.8, 4) is 17.2 Å². The highest BCUT2D eigenvalue weighted by atomic mass is 79.9. The van der Waals surface area contributed by atoms with Gasteiger partial charge in [0.1, 0.15) is 17.2 Å². The van der Waals surface area contributed by atoms with E-state index in [-0.39, 0.29) is 11.3 Å². The molecule has 2 rings (SSSR count). The van der Waals surface area contributed by atoms with E-state index < -0.39 is 5.91 Å². The summed E-state index contributed by atoms with van der Waals surface area (Å²) in [5.74, 6) is 0.544. The number of nitrogens with one attached hydrogen (secondary N) is 1. The zero-order valence-corrected chi connectivity index (χ0v) is 13.1. The van der Waals surface area contributed by atoms with Crippen molar-refractivity contribution in [2.24, 2.45) is 0 Å². The molecule has 2 aromatic rings. The molecule has 0 atom stereocenters. The molecule has 0 heterocycles. The molecule has 0 unspecified atom stereocenters. The Hall–Kier alpha value is -2.21. The Morgan fingerprint density at radius 1 is 1.14 bits per heavy atom. The van der Waals surface area contributed by atoms with Crippen molar-refractivity contribution >= 4 is 27.5 Å². The highest BCUT2D eigenvalue weighted by Gasteiger charge is 2.13. The van der Waals surface area contributed by atoms with Crippen LogP contribution in [0.4, 0.5) is 5.69 Å². The first kappa shape index (κ1) is 15.2. The summed E-state index contributed by atoms with van der Waals surface area (Å²) in [6.07, 6.45) is 0. The van der Waals surface area contributed by atoms with Gasteiger partial charge < -0.3 is 19.9 Å². The van der Waals surface area contributed by atoms with Gasteiger partial charge in [-0.25, -0.2) is 0 Å². The van der Waals surface area contributed by atoms with Gasteiger partial charge in [0.05, 0.1) is 24.3 Å². The minimum absolute atomic E-state index is 0.114. The molecule has 0 fully saturated rings. The van der Waals surface area contributed by atoms with Gasteiger partial charge in [-0.1, -0.05) is 0 Å². The van der Waals surface area contributed by atoms with Gasteiger partial charge in [0.25, 0.3) is 5.91 Å². The Morgan fingerprint density at radius 3 is 2.57 bits per heavy atom. The van der Waals surface area contributed by atoms with Crippen molar-refractivity contribution in [3.05, 3.63) is 46.4 Å². The molecule has 0 saturated heterocycles. The quantitative estimate of drug-likeness (QED) is 0.885. The lowest BCUT2D eigenvalue weighted by molar-refractivity contribution is 0.102. The summed E-state index contributed by atoms with van der Waals surface area (Å²) in [5.41, 5.74) is 0.693. The number of ether oxygens (including phenoxy) is 2. The van der Waals surface area contributed by atoms with Crippen LogP contribution in [-0.2, 0) is 0 Å². The molecule has 2 N–H and O–H groups in total. The minimum atomic E-state index is -0.434. The molecule has 6 heteroatoms. The van der Waals surface area contributed by atoms with Crippen molar-refractivity contribution < 1.29 is 19.4 Å². The molecule has 0 aromatic heterocycles. The summed E-state index contributed by atoms with van der Waals surface area (Å²) >= 11 is 3.34. The number of carbonyl (C=O) groups excluding carboxylic acids is 1. The first-order valence-corrected chi connectivity index (χ1v) is 6.86. The number of phenols is 1. The Balaban J connectivity index is 2.25. The van der Waals surface area contributed by atoms with Crippen LogP contribution in [0.25, 0.3) is 0 Å². The van der Waals surface area contributed by atoms with Crippen LogP contribution >= 0.6 is 15.9 Å². The molecule has 0 bridgehead atoms. The van der Waals surface area contributed by atoms with Gasteiger partial charge in [-0.15, -0.1) is 0 Å². The number of phenolic OH excluding ortho intramolecular Hbond substituents is 1. The molecule has 0 radical (unpaired) electrons. The summed E-state index contributed by atoms with van der Waals surface area (Å²) in [5, 5.41) is 12.5. The number of amides is 1. The van der Waals surface area contributed by atoms with Crippen LogP contribution in [0, 0.1) is 0 Å². The maximum atomic E-state index is 12.2. The fraction of sp³-hybridized carbons (Fsp3) is 0.133. The number of carbonyl (C=O) groups is 1. The van der Waals surface area contributed by atoms with Crippen molar-refractivity contribution in [2.75, 3.05) is 19.5 Å². The lowest BCUT2D eigenvalue weighted by Gasteiger charge is -2.10. The van der Waals surface area contributed by atoms with E-state index in [1.165, 1.54) is 19.2 Å². The number of benzene rings is 2. The predicted molar refractivity (Wildman–Crippen MR) is 83.3 cm³/mol. The molecule has 1 amide bonds. The van der Waals surface area contributed by atoms with Gasteiger partial charge in [0.15, 0.2) is 0 Å². The van der Waals surface area contributed by atoms with Crippen LogP contribution in [0.5, 0.6) is 17.2 Å². The van der Waals surface area contributed by atoms with Crippen molar-refractivity contribution in [2.45, 2.75) is 0 Å². The molecule has 5 nitrogen and oxygen atoms in total. The summed E-state index contributed by atoms with van der Waals surface area (Å²) < 4.78 is 11.0. The van der Waals surface area contributed by atoms with E-state index in [1.807, 2.05) is 0 Å². The SMILES string of the molecule is COc1ccc(O)c(C(=O)Nc2ccc(Br)c(OC)c2)c1. The van der Waals surface area contributed by atoms with Crippen LogP contribution in [0.3, 0.4) is 0 Å². The zero-order chi connectivity index (χ0) is 15.4. The fourth-order valence-corrected chi connectivity index (χ4v) is 2.17. The summed E-state index contributed by atoms with van der Waals surface area (Å²) in [4.78, 5) is 12.2. The number of aromatic hydroxyl groups is 1. The van der Waals surface area contributed by atoms with Gasteiger partial charge in [0.2, 0.25) is 0 Å². The van der Waals surface area contributed by atoms with E-state index in [0.717, 1.165) is 4.47 Å². The molecule has 0 aliphatic heterocycles. The number of hydrogen-bond acceptors (Lipinski definition) is 4. The van der Waals surface area contributed by atoms with Crippen LogP contribution in [0.1, 0.15) is 10.4 Å². The third-order valence-electron chi connectivity index (χ3n) is 2.86. The molecule has 110 valence electrons. The smallest absolute Gasteiger partial charge is 0.259 e. The monoisotopic (exact) mass is 351 g/mol. The van der Waals surface area contributed by atoms with Gasteiger partial charge in [-0.3, -0.25) is 4.79 Å². The largest absolute Gasteiger partial charge is 0.507 e. The van der Waals surface area contributed by atoms with E-state index in [1.54, 1.807) is 31.4 Å². The van der Waals surface area contributed by atoms with Gasteiger partial charge in [0, 0.05) is 11.8 Å². The second kappa shape index (κ2) is 6.49. The average molecular weight is 352 g/mol. The van der Waals surface area contributed by atoms with Crippen LogP contribution in [0.2, 0.25) is 0 Å². The third-order valence-corrected chi connectivity index (χ3v) is 3.51. The second-order valence-electron chi connectivity index (χ2n) is 4.19. The standard InChI is InChI=1S/C15H14BrNO4/c1-20-10-4-6-13(18)11(8-10)15(19)17-9-3-5-12(16)14(7-9)21-2/h3-8,18H,1-2H3,(H,17,19). The van der Waals surface area contributed by atoms with Crippen molar-refractivity contribution in [3.63, 3.8) is 0 Å². The van der Waals surface area contributed by atoms with E-state index >= 15 is 0 Å². The lowest BCUT2D eigenvalue weighted by Crippen LogP contribution is -2.12. The highest BCUT2D eigenvalue weighted by Crippen LogP contribution is 2.29. The van der Waals surface area contributed by atoms with E-state index in [4.69, 9.17) is 9.47 Å². The average Bonchev–Trinajstić information content (AvgIpc) is 2.49. The number of rotatable bonds is 4. The zero-order valence-electron chi connectivity index (χ0n) is 11.5. The lowest BCUT2D eigenvalue weighted by atomic mass is 10.1. The van der Waals surface area contributed by atoms with Gasteiger partial charge >= 0.3 is 0 Å². The molecule has 0 aliphatic rings. The Labute approximate surface area is 130 Å². The van der Waals surface area contributed by atoms with E-state index in [2.05, 4.69) is 21.2 Å². The molecule has 0 saturated carbocycles. The van der Waals surface area contributed by atoms with Crippen molar-refractivity contribution in [1.82, 2.24) is 0 Å². The predicted octanol–water partition coefficient (Wildman–Crippen LogP) is 3.42. The number of anilines is 1. The first-order valence-electron chi connectivity index (χ1n) is 6.07. The van der Waals surface area contributed by atoms with Crippen LogP contribution in [0.15, 0.2) is 40.9 Å². The highest BCUT2D eigenvalue weighted by molar-refractivity contribution is 9.10. The van der Waals surface area contributed by atoms with Crippen molar-refractivity contribution in [1.29, 1.82) is 0 Å². The van der Waals surface area contributed by atoms with Crippen LogP contribution < -0.4 is 14.8 Å². The summed E-state index contributed by atoms with van der Waals surface area (Å²) in [6.45, 7) is 0.